The van der Waals surface area contributed by atoms with Crippen molar-refractivity contribution in [3.8, 4) is 5.75 Å². The highest BCUT2D eigenvalue weighted by molar-refractivity contribution is 5.28. The molecule has 1 heterocycles. The standard InChI is InChI=1S/C19H32N2O2/c1-15(2)23-19-6-4-5-18(11-19)13-20-12-17-7-9-21(10-8-17)14-16(3)22/h4-6,11,15-17,20,22H,7-10,12-14H2,1-3H3/t16-/m0/s1. The molecule has 0 aliphatic carbocycles. The van der Waals surface area contributed by atoms with Crippen molar-refractivity contribution in [2.45, 2.75) is 52.4 Å². The maximum absolute atomic E-state index is 9.45. The molecule has 2 rings (SSSR count). The Balaban J connectivity index is 1.68. The van der Waals surface area contributed by atoms with E-state index in [2.05, 4.69) is 42.3 Å². The number of β-amino-alcohol motifs (C(OH)–C–C–N with tert-alkyl or cyclic N) is 1. The first-order chi connectivity index (χ1) is 11.0. The Labute approximate surface area is 140 Å². The van der Waals surface area contributed by atoms with E-state index in [0.29, 0.717) is 0 Å². The number of nitrogens with one attached hydrogen (secondary N) is 1. The molecular formula is C19H32N2O2. The molecule has 1 fully saturated rings. The van der Waals surface area contributed by atoms with E-state index in [4.69, 9.17) is 4.74 Å². The minimum absolute atomic E-state index is 0.213. The molecule has 1 aliphatic rings. The minimum Gasteiger partial charge on any atom is -0.491 e. The molecule has 0 amide bonds. The highest BCUT2D eigenvalue weighted by Crippen LogP contribution is 2.18. The van der Waals surface area contributed by atoms with Crippen LogP contribution in [0.15, 0.2) is 24.3 Å². The van der Waals surface area contributed by atoms with Gasteiger partial charge in [0, 0.05) is 13.1 Å². The third-order valence-corrected chi connectivity index (χ3v) is 4.26. The zero-order valence-electron chi connectivity index (χ0n) is 14.8. The van der Waals surface area contributed by atoms with Crippen LogP contribution in [0.2, 0.25) is 0 Å². The second-order valence-corrected chi connectivity index (χ2v) is 7.04. The Hall–Kier alpha value is -1.10. The van der Waals surface area contributed by atoms with Crippen molar-refractivity contribution in [1.82, 2.24) is 10.2 Å². The lowest BCUT2D eigenvalue weighted by atomic mass is 9.96. The molecule has 0 saturated carbocycles. The summed E-state index contributed by atoms with van der Waals surface area (Å²) in [6, 6.07) is 8.34. The summed E-state index contributed by atoms with van der Waals surface area (Å²) in [5.74, 6) is 1.70. The summed E-state index contributed by atoms with van der Waals surface area (Å²) in [5, 5.41) is 13.0. The summed E-state index contributed by atoms with van der Waals surface area (Å²) < 4.78 is 5.74. The third-order valence-electron chi connectivity index (χ3n) is 4.26. The number of hydrogen-bond donors (Lipinski definition) is 2. The smallest absolute Gasteiger partial charge is 0.120 e. The van der Waals surface area contributed by atoms with Gasteiger partial charge in [-0.15, -0.1) is 0 Å². The highest BCUT2D eigenvalue weighted by Gasteiger charge is 2.19. The van der Waals surface area contributed by atoms with Gasteiger partial charge in [-0.2, -0.15) is 0 Å². The van der Waals surface area contributed by atoms with Crippen molar-refractivity contribution < 1.29 is 9.84 Å². The lowest BCUT2D eigenvalue weighted by molar-refractivity contribution is 0.0998. The molecule has 4 heteroatoms. The van der Waals surface area contributed by atoms with E-state index in [-0.39, 0.29) is 12.2 Å². The predicted octanol–water partition coefficient (Wildman–Crippen LogP) is 2.66. The summed E-state index contributed by atoms with van der Waals surface area (Å²) in [7, 11) is 0. The largest absolute Gasteiger partial charge is 0.491 e. The topological polar surface area (TPSA) is 44.7 Å². The molecule has 0 spiro atoms. The van der Waals surface area contributed by atoms with Gasteiger partial charge in [-0.05, 0) is 76.9 Å². The summed E-state index contributed by atoms with van der Waals surface area (Å²) in [5.41, 5.74) is 1.27. The second kappa shape index (κ2) is 9.26. The van der Waals surface area contributed by atoms with Gasteiger partial charge in [-0.3, -0.25) is 0 Å². The van der Waals surface area contributed by atoms with Crippen LogP contribution in [-0.2, 0) is 6.54 Å². The number of piperidine rings is 1. The maximum atomic E-state index is 9.45. The molecule has 1 aromatic carbocycles. The third kappa shape index (κ3) is 6.90. The lowest BCUT2D eigenvalue weighted by Crippen LogP contribution is -2.40. The van der Waals surface area contributed by atoms with Crippen LogP contribution in [0.25, 0.3) is 0 Å². The van der Waals surface area contributed by atoms with Crippen LogP contribution in [0.1, 0.15) is 39.2 Å². The van der Waals surface area contributed by atoms with Crippen molar-refractivity contribution >= 4 is 0 Å². The van der Waals surface area contributed by atoms with E-state index >= 15 is 0 Å². The van der Waals surface area contributed by atoms with E-state index in [9.17, 15) is 5.11 Å². The van der Waals surface area contributed by atoms with Crippen LogP contribution in [0.5, 0.6) is 5.75 Å². The summed E-state index contributed by atoms with van der Waals surface area (Å²) >= 11 is 0. The average Bonchev–Trinajstić information content (AvgIpc) is 2.48. The number of nitrogens with zero attached hydrogens (tertiary/aromatic N) is 1. The Bertz CT molecular complexity index is 454. The summed E-state index contributed by atoms with van der Waals surface area (Å²) in [4.78, 5) is 2.37. The second-order valence-electron chi connectivity index (χ2n) is 7.04. The van der Waals surface area contributed by atoms with Gasteiger partial charge in [-0.25, -0.2) is 0 Å². The zero-order valence-corrected chi connectivity index (χ0v) is 14.8. The molecule has 0 radical (unpaired) electrons. The Kier molecular flexibility index (Phi) is 7.34. The number of ether oxygens (including phenoxy) is 1. The Morgan fingerprint density at radius 2 is 2.00 bits per heavy atom. The Morgan fingerprint density at radius 3 is 2.65 bits per heavy atom. The summed E-state index contributed by atoms with van der Waals surface area (Å²) in [6.45, 7) is 10.9. The Morgan fingerprint density at radius 1 is 1.26 bits per heavy atom. The van der Waals surface area contributed by atoms with Crippen LogP contribution >= 0.6 is 0 Å². The number of likely N-dealkylation sites (tertiary alicyclic amines) is 1. The fraction of sp³-hybridized carbons (Fsp3) is 0.684. The molecule has 0 aromatic heterocycles. The quantitative estimate of drug-likeness (QED) is 0.773. The molecule has 1 saturated heterocycles. The molecule has 23 heavy (non-hydrogen) atoms. The fourth-order valence-corrected chi connectivity index (χ4v) is 3.17. The number of aliphatic hydroxyl groups is 1. The fourth-order valence-electron chi connectivity index (χ4n) is 3.17. The molecular weight excluding hydrogens is 288 g/mol. The number of rotatable bonds is 8. The number of hydrogen-bond acceptors (Lipinski definition) is 4. The van der Waals surface area contributed by atoms with E-state index in [0.717, 1.165) is 44.4 Å². The van der Waals surface area contributed by atoms with Crippen LogP contribution < -0.4 is 10.1 Å². The van der Waals surface area contributed by atoms with Gasteiger partial charge in [0.2, 0.25) is 0 Å². The average molecular weight is 320 g/mol. The lowest BCUT2D eigenvalue weighted by Gasteiger charge is -2.32. The van der Waals surface area contributed by atoms with E-state index in [1.54, 1.807) is 0 Å². The first-order valence-corrected chi connectivity index (χ1v) is 8.89. The molecule has 1 aliphatic heterocycles. The van der Waals surface area contributed by atoms with Gasteiger partial charge < -0.3 is 20.1 Å². The molecule has 1 atom stereocenters. The monoisotopic (exact) mass is 320 g/mol. The normalized spacial score (nSPS) is 18.3. The van der Waals surface area contributed by atoms with Crippen molar-refractivity contribution in [1.29, 1.82) is 0 Å². The minimum atomic E-state index is -0.218. The van der Waals surface area contributed by atoms with Gasteiger partial charge in [0.05, 0.1) is 12.2 Å². The van der Waals surface area contributed by atoms with Gasteiger partial charge >= 0.3 is 0 Å². The molecule has 0 unspecified atom stereocenters. The first kappa shape index (κ1) is 18.2. The SMILES string of the molecule is CC(C)Oc1cccc(CNCC2CCN(C[C@H](C)O)CC2)c1. The number of aliphatic hydroxyl groups excluding tert-OH is 1. The van der Waals surface area contributed by atoms with Crippen molar-refractivity contribution in [3.05, 3.63) is 29.8 Å². The van der Waals surface area contributed by atoms with E-state index in [1.807, 2.05) is 13.0 Å². The van der Waals surface area contributed by atoms with Crippen LogP contribution in [-0.4, -0.2) is 48.4 Å². The van der Waals surface area contributed by atoms with Crippen LogP contribution in [0, 0.1) is 5.92 Å². The molecule has 4 nitrogen and oxygen atoms in total. The van der Waals surface area contributed by atoms with Crippen LogP contribution in [0.3, 0.4) is 0 Å². The van der Waals surface area contributed by atoms with E-state index < -0.39 is 0 Å². The van der Waals surface area contributed by atoms with Gasteiger partial charge in [0.15, 0.2) is 0 Å². The summed E-state index contributed by atoms with van der Waals surface area (Å²) in [6.07, 6.45) is 2.43. The molecule has 0 bridgehead atoms. The zero-order chi connectivity index (χ0) is 16.7. The maximum Gasteiger partial charge on any atom is 0.120 e. The predicted molar refractivity (Wildman–Crippen MR) is 94.8 cm³/mol. The molecule has 2 N–H and O–H groups in total. The van der Waals surface area contributed by atoms with Gasteiger partial charge in [0.25, 0.3) is 0 Å². The van der Waals surface area contributed by atoms with E-state index in [1.165, 1.54) is 18.4 Å². The molecule has 1 aromatic rings. The van der Waals surface area contributed by atoms with Gasteiger partial charge in [0.1, 0.15) is 5.75 Å². The van der Waals surface area contributed by atoms with Crippen molar-refractivity contribution in [2.24, 2.45) is 5.92 Å². The first-order valence-electron chi connectivity index (χ1n) is 8.89. The van der Waals surface area contributed by atoms with Crippen molar-refractivity contribution in [3.63, 3.8) is 0 Å². The highest BCUT2D eigenvalue weighted by atomic mass is 16.5. The van der Waals surface area contributed by atoms with Crippen LogP contribution in [0.4, 0.5) is 0 Å². The number of benzene rings is 1. The van der Waals surface area contributed by atoms with Crippen molar-refractivity contribution in [2.75, 3.05) is 26.2 Å². The van der Waals surface area contributed by atoms with Gasteiger partial charge in [-0.1, -0.05) is 12.1 Å². The molecule has 130 valence electrons.